The van der Waals surface area contributed by atoms with Crippen LogP contribution in [0.2, 0.25) is 0 Å². The van der Waals surface area contributed by atoms with Crippen LogP contribution in [0.4, 0.5) is 17.5 Å². The Morgan fingerprint density at radius 1 is 0.926 bits per heavy atom. The number of rotatable bonds is 8. The molecule has 0 saturated heterocycles. The summed E-state index contributed by atoms with van der Waals surface area (Å²) in [4.78, 5) is 9.03. The third-order valence-corrected chi connectivity index (χ3v) is 4.06. The van der Waals surface area contributed by atoms with Crippen molar-refractivity contribution < 1.29 is 9.47 Å². The number of nitrogens with zero attached hydrogens (tertiary/aromatic N) is 2. The van der Waals surface area contributed by atoms with Crippen molar-refractivity contribution in [1.29, 1.82) is 0 Å². The summed E-state index contributed by atoms with van der Waals surface area (Å²) in [6.45, 7) is 2.70. The normalized spacial score (nSPS) is 10.3. The van der Waals surface area contributed by atoms with E-state index in [1.165, 1.54) is 5.56 Å². The van der Waals surface area contributed by atoms with Gasteiger partial charge >= 0.3 is 0 Å². The average Bonchev–Trinajstić information content (AvgIpc) is 2.68. The van der Waals surface area contributed by atoms with Crippen molar-refractivity contribution in [3.05, 3.63) is 65.9 Å². The fraction of sp³-hybridized carbons (Fsp3) is 0.238. The Morgan fingerprint density at radius 3 is 2.48 bits per heavy atom. The zero-order chi connectivity index (χ0) is 19.1. The molecule has 2 aromatic carbocycles. The van der Waals surface area contributed by atoms with Crippen LogP contribution in [-0.4, -0.2) is 30.7 Å². The largest absolute Gasteiger partial charge is 0.497 e. The topological polar surface area (TPSA) is 68.3 Å². The number of methoxy groups -OCH3 is 2. The molecule has 0 unspecified atom stereocenters. The summed E-state index contributed by atoms with van der Waals surface area (Å²) in [6, 6.07) is 17.8. The van der Waals surface area contributed by atoms with E-state index in [2.05, 4.69) is 32.7 Å². The van der Waals surface area contributed by atoms with Gasteiger partial charge in [-0.05, 0) is 31.0 Å². The molecule has 140 valence electrons. The van der Waals surface area contributed by atoms with E-state index < -0.39 is 0 Å². The number of nitrogens with one attached hydrogen (secondary N) is 2. The molecule has 0 aliphatic heterocycles. The third-order valence-electron chi connectivity index (χ3n) is 4.06. The summed E-state index contributed by atoms with van der Waals surface area (Å²) in [7, 11) is 3.27. The van der Waals surface area contributed by atoms with E-state index in [0.29, 0.717) is 17.5 Å². The Hall–Kier alpha value is -3.28. The lowest BCUT2D eigenvalue weighted by molar-refractivity contribution is 0.405. The highest BCUT2D eigenvalue weighted by molar-refractivity contribution is 5.67. The first-order valence-electron chi connectivity index (χ1n) is 8.80. The van der Waals surface area contributed by atoms with Gasteiger partial charge in [-0.3, -0.25) is 0 Å². The molecule has 0 atom stereocenters. The molecule has 0 amide bonds. The minimum atomic E-state index is 0.593. The van der Waals surface area contributed by atoms with Gasteiger partial charge in [-0.25, -0.2) is 4.98 Å². The second-order valence-electron chi connectivity index (χ2n) is 6.07. The zero-order valence-electron chi connectivity index (χ0n) is 15.8. The van der Waals surface area contributed by atoms with Gasteiger partial charge in [0.2, 0.25) is 5.95 Å². The second-order valence-corrected chi connectivity index (χ2v) is 6.07. The molecular weight excluding hydrogens is 340 g/mol. The van der Waals surface area contributed by atoms with Crippen LogP contribution >= 0.6 is 0 Å². The van der Waals surface area contributed by atoms with Crippen LogP contribution in [0.15, 0.2) is 54.6 Å². The van der Waals surface area contributed by atoms with Gasteiger partial charge in [-0.15, -0.1) is 0 Å². The predicted molar refractivity (Wildman–Crippen MR) is 108 cm³/mol. The molecule has 0 aliphatic carbocycles. The molecule has 27 heavy (non-hydrogen) atoms. The predicted octanol–water partition coefficient (Wildman–Crippen LogP) is 4.20. The Morgan fingerprint density at radius 2 is 1.74 bits per heavy atom. The SMILES string of the molecule is COc1ccc(OC)c(Nc2cc(C)nc(NCCc3ccccc3)n2)c1. The lowest BCUT2D eigenvalue weighted by Gasteiger charge is -2.13. The number of aromatic nitrogens is 2. The van der Waals surface area contributed by atoms with Crippen LogP contribution in [0.1, 0.15) is 11.3 Å². The van der Waals surface area contributed by atoms with Crippen molar-refractivity contribution in [2.45, 2.75) is 13.3 Å². The molecular formula is C21H24N4O2. The molecule has 6 nitrogen and oxygen atoms in total. The van der Waals surface area contributed by atoms with E-state index in [-0.39, 0.29) is 0 Å². The number of hydrogen-bond donors (Lipinski definition) is 2. The lowest BCUT2D eigenvalue weighted by Crippen LogP contribution is -2.09. The van der Waals surface area contributed by atoms with E-state index in [4.69, 9.17) is 9.47 Å². The van der Waals surface area contributed by atoms with Gasteiger partial charge in [-0.1, -0.05) is 30.3 Å². The van der Waals surface area contributed by atoms with E-state index in [9.17, 15) is 0 Å². The summed E-state index contributed by atoms with van der Waals surface area (Å²) in [5, 5.41) is 6.58. The summed E-state index contributed by atoms with van der Waals surface area (Å²) < 4.78 is 10.7. The maximum atomic E-state index is 5.41. The molecule has 3 aromatic rings. The first kappa shape index (κ1) is 18.5. The number of ether oxygens (including phenoxy) is 2. The second kappa shape index (κ2) is 8.89. The minimum Gasteiger partial charge on any atom is -0.497 e. The molecule has 0 radical (unpaired) electrons. The van der Waals surface area contributed by atoms with Crippen LogP contribution in [0, 0.1) is 6.92 Å². The first-order valence-corrected chi connectivity index (χ1v) is 8.80. The maximum absolute atomic E-state index is 5.41. The Bertz CT molecular complexity index is 885. The number of hydrogen-bond acceptors (Lipinski definition) is 6. The Balaban J connectivity index is 1.71. The van der Waals surface area contributed by atoms with Crippen LogP contribution in [0.5, 0.6) is 11.5 Å². The molecule has 1 heterocycles. The van der Waals surface area contributed by atoms with Crippen LogP contribution in [0.3, 0.4) is 0 Å². The molecule has 0 aliphatic rings. The van der Waals surface area contributed by atoms with Crippen molar-refractivity contribution in [1.82, 2.24) is 9.97 Å². The molecule has 0 bridgehead atoms. The van der Waals surface area contributed by atoms with Crippen LogP contribution < -0.4 is 20.1 Å². The van der Waals surface area contributed by atoms with E-state index in [1.54, 1.807) is 14.2 Å². The highest BCUT2D eigenvalue weighted by Crippen LogP contribution is 2.31. The monoisotopic (exact) mass is 364 g/mol. The van der Waals surface area contributed by atoms with Crippen LogP contribution in [-0.2, 0) is 6.42 Å². The van der Waals surface area contributed by atoms with Crippen molar-refractivity contribution in [3.63, 3.8) is 0 Å². The van der Waals surface area contributed by atoms with Gasteiger partial charge in [-0.2, -0.15) is 4.98 Å². The fourth-order valence-corrected chi connectivity index (χ4v) is 2.72. The van der Waals surface area contributed by atoms with Gasteiger partial charge in [0.1, 0.15) is 17.3 Å². The van der Waals surface area contributed by atoms with Crippen molar-refractivity contribution in [2.75, 3.05) is 31.4 Å². The van der Waals surface area contributed by atoms with Gasteiger partial charge in [0.15, 0.2) is 0 Å². The van der Waals surface area contributed by atoms with Crippen molar-refractivity contribution >= 4 is 17.5 Å². The standard InChI is InChI=1S/C21H24N4O2/c1-15-13-20(24-18-14-17(26-2)9-10-19(18)27-3)25-21(23-15)22-12-11-16-7-5-4-6-8-16/h4-10,13-14H,11-12H2,1-3H3,(H2,22,23,24,25). The lowest BCUT2D eigenvalue weighted by atomic mass is 10.1. The molecule has 6 heteroatoms. The summed E-state index contributed by atoms with van der Waals surface area (Å²) in [5.41, 5.74) is 2.93. The Labute approximate surface area is 159 Å². The molecule has 1 aromatic heterocycles. The third kappa shape index (κ3) is 5.10. The van der Waals surface area contributed by atoms with E-state index >= 15 is 0 Å². The van der Waals surface area contributed by atoms with Crippen molar-refractivity contribution in [2.24, 2.45) is 0 Å². The Kier molecular flexibility index (Phi) is 6.10. The first-order chi connectivity index (χ1) is 13.2. The maximum Gasteiger partial charge on any atom is 0.224 e. The van der Waals surface area contributed by atoms with E-state index in [0.717, 1.165) is 30.1 Å². The van der Waals surface area contributed by atoms with Gasteiger partial charge < -0.3 is 20.1 Å². The van der Waals surface area contributed by atoms with E-state index in [1.807, 2.05) is 49.4 Å². The summed E-state index contributed by atoms with van der Waals surface area (Å²) in [5.74, 6) is 2.74. The average molecular weight is 364 g/mol. The van der Waals surface area contributed by atoms with Gasteiger partial charge in [0.25, 0.3) is 0 Å². The molecule has 2 N–H and O–H groups in total. The smallest absolute Gasteiger partial charge is 0.224 e. The summed E-state index contributed by atoms with van der Waals surface area (Å²) >= 11 is 0. The number of aryl methyl sites for hydroxylation is 1. The fourth-order valence-electron chi connectivity index (χ4n) is 2.72. The molecule has 0 fully saturated rings. The van der Waals surface area contributed by atoms with Crippen molar-refractivity contribution in [3.8, 4) is 11.5 Å². The highest BCUT2D eigenvalue weighted by Gasteiger charge is 2.08. The summed E-state index contributed by atoms with van der Waals surface area (Å²) in [6.07, 6.45) is 0.907. The number of benzene rings is 2. The molecule has 0 saturated carbocycles. The van der Waals surface area contributed by atoms with Gasteiger partial charge in [0.05, 0.1) is 19.9 Å². The van der Waals surface area contributed by atoms with Crippen LogP contribution in [0.25, 0.3) is 0 Å². The number of anilines is 3. The molecule has 3 rings (SSSR count). The van der Waals surface area contributed by atoms with Gasteiger partial charge in [0, 0.05) is 24.4 Å². The zero-order valence-corrected chi connectivity index (χ0v) is 15.8. The minimum absolute atomic E-state index is 0.593. The highest BCUT2D eigenvalue weighted by atomic mass is 16.5. The quantitative estimate of drug-likeness (QED) is 0.624. The molecule has 0 spiro atoms.